The monoisotopic (exact) mass is 392 g/mol. The molecular weight excluding hydrogens is 356 g/mol. The molecule has 5 heteroatoms. The third-order valence-corrected chi connectivity index (χ3v) is 9.16. The van der Waals surface area contributed by atoms with Crippen molar-refractivity contribution in [3.05, 3.63) is 0 Å². The Kier molecular flexibility index (Phi) is 5.74. The summed E-state index contributed by atoms with van der Waals surface area (Å²) in [4.78, 5) is 24.6. The minimum atomic E-state index is -0.909. The van der Waals surface area contributed by atoms with Gasteiger partial charge in [0.15, 0.2) is 6.79 Å². The third kappa shape index (κ3) is 3.48. The molecule has 0 amide bonds. The number of carbonyl (C=O) groups excluding carboxylic acids is 1. The van der Waals surface area contributed by atoms with Crippen LogP contribution in [-0.4, -0.2) is 30.4 Å². The standard InChI is InChI=1S/C23H36O5/c1-12-15-4-6-17(8-15)19(12)10-27-11-28-23(26)21(14(3)22(24)25)20-13(2)16-5-7-18(20)9-16/h12-21H,4-11H2,1-3H3,(H,24,25). The van der Waals surface area contributed by atoms with Gasteiger partial charge in [0.2, 0.25) is 0 Å². The van der Waals surface area contributed by atoms with Gasteiger partial charge in [-0.2, -0.15) is 0 Å². The third-order valence-electron chi connectivity index (χ3n) is 9.16. The lowest BCUT2D eigenvalue weighted by atomic mass is 9.69. The Balaban J connectivity index is 1.32. The number of carboxylic acids is 1. The Hall–Kier alpha value is -1.10. The Morgan fingerprint density at radius 3 is 2.14 bits per heavy atom. The highest BCUT2D eigenvalue weighted by atomic mass is 16.7. The minimum absolute atomic E-state index is 0.0442. The van der Waals surface area contributed by atoms with Gasteiger partial charge in [-0.3, -0.25) is 9.59 Å². The topological polar surface area (TPSA) is 72.8 Å². The van der Waals surface area contributed by atoms with Crippen molar-refractivity contribution < 1.29 is 24.2 Å². The molecule has 5 nitrogen and oxygen atoms in total. The lowest BCUT2D eigenvalue weighted by Gasteiger charge is -2.35. The number of fused-ring (bicyclic) bond motifs is 4. The molecule has 0 aromatic rings. The van der Waals surface area contributed by atoms with E-state index in [0.29, 0.717) is 36.2 Å². The molecule has 28 heavy (non-hydrogen) atoms. The van der Waals surface area contributed by atoms with Crippen molar-refractivity contribution >= 4 is 11.9 Å². The molecule has 0 radical (unpaired) electrons. The number of carboxylic acid groups (broad SMARTS) is 1. The molecule has 4 rings (SSSR count). The van der Waals surface area contributed by atoms with Crippen molar-refractivity contribution in [3.8, 4) is 0 Å². The van der Waals surface area contributed by atoms with Crippen LogP contribution in [0.15, 0.2) is 0 Å². The molecule has 0 aromatic heterocycles. The summed E-state index contributed by atoms with van der Waals surface area (Å²) >= 11 is 0. The van der Waals surface area contributed by atoms with Crippen molar-refractivity contribution in [3.63, 3.8) is 0 Å². The average molecular weight is 393 g/mol. The van der Waals surface area contributed by atoms with E-state index in [0.717, 1.165) is 24.7 Å². The maximum Gasteiger partial charge on any atom is 0.312 e. The van der Waals surface area contributed by atoms with E-state index in [1.165, 1.54) is 25.7 Å². The lowest BCUT2D eigenvalue weighted by molar-refractivity contribution is -0.173. The van der Waals surface area contributed by atoms with Gasteiger partial charge < -0.3 is 14.6 Å². The summed E-state index contributed by atoms with van der Waals surface area (Å²) in [6, 6.07) is 0. The molecular formula is C23H36O5. The van der Waals surface area contributed by atoms with Crippen molar-refractivity contribution in [1.82, 2.24) is 0 Å². The van der Waals surface area contributed by atoms with Crippen LogP contribution >= 0.6 is 0 Å². The predicted molar refractivity (Wildman–Crippen MR) is 104 cm³/mol. The van der Waals surface area contributed by atoms with Gasteiger partial charge >= 0.3 is 11.9 Å². The fraction of sp³-hybridized carbons (Fsp3) is 0.913. The van der Waals surface area contributed by atoms with E-state index in [2.05, 4.69) is 13.8 Å². The molecule has 158 valence electrons. The van der Waals surface area contributed by atoms with Gasteiger partial charge in [-0.15, -0.1) is 0 Å². The van der Waals surface area contributed by atoms with Crippen LogP contribution in [0.5, 0.6) is 0 Å². The van der Waals surface area contributed by atoms with Crippen LogP contribution in [0.2, 0.25) is 0 Å². The SMILES string of the molecule is CC(C(=O)O)C(C(=O)OCOCC1C2CCC(C2)C1C)C1C2CCC(C2)C1C. The molecule has 0 spiro atoms. The molecule has 4 bridgehead atoms. The zero-order valence-electron chi connectivity index (χ0n) is 17.5. The van der Waals surface area contributed by atoms with E-state index in [-0.39, 0.29) is 18.7 Å². The highest BCUT2D eigenvalue weighted by Gasteiger charge is 2.53. The summed E-state index contributed by atoms with van der Waals surface area (Å²) < 4.78 is 11.3. The summed E-state index contributed by atoms with van der Waals surface area (Å²) in [5, 5.41) is 9.58. The zero-order valence-corrected chi connectivity index (χ0v) is 17.5. The summed E-state index contributed by atoms with van der Waals surface area (Å²) in [5.74, 6) is 1.97. The van der Waals surface area contributed by atoms with Gasteiger partial charge in [-0.25, -0.2) is 0 Å². The molecule has 10 unspecified atom stereocenters. The van der Waals surface area contributed by atoms with Crippen LogP contribution in [0.1, 0.15) is 59.3 Å². The molecule has 4 aliphatic carbocycles. The van der Waals surface area contributed by atoms with Crippen LogP contribution in [0.3, 0.4) is 0 Å². The highest BCUT2D eigenvalue weighted by molar-refractivity contribution is 5.81. The van der Waals surface area contributed by atoms with Crippen molar-refractivity contribution in [2.45, 2.75) is 59.3 Å². The Morgan fingerprint density at radius 2 is 1.57 bits per heavy atom. The molecule has 0 aromatic carbocycles. The van der Waals surface area contributed by atoms with E-state index in [1.54, 1.807) is 6.92 Å². The number of rotatable bonds is 8. The quantitative estimate of drug-likeness (QED) is 0.381. The summed E-state index contributed by atoms with van der Waals surface area (Å²) in [6.45, 7) is 6.78. The zero-order chi connectivity index (χ0) is 20.0. The number of esters is 1. The molecule has 10 atom stereocenters. The molecule has 4 saturated carbocycles. The first kappa shape index (κ1) is 20.2. The van der Waals surface area contributed by atoms with E-state index in [1.807, 2.05) is 0 Å². The van der Waals surface area contributed by atoms with Crippen molar-refractivity contribution in [2.75, 3.05) is 13.4 Å². The normalized spacial score (nSPS) is 43.2. The number of ether oxygens (including phenoxy) is 2. The molecule has 0 saturated heterocycles. The van der Waals surface area contributed by atoms with Crippen LogP contribution in [-0.2, 0) is 19.1 Å². The smallest absolute Gasteiger partial charge is 0.312 e. The number of aliphatic carboxylic acids is 1. The summed E-state index contributed by atoms with van der Waals surface area (Å²) in [5.41, 5.74) is 0. The van der Waals surface area contributed by atoms with Gasteiger partial charge in [-0.1, -0.05) is 20.8 Å². The van der Waals surface area contributed by atoms with E-state index in [9.17, 15) is 14.7 Å². The number of carbonyl (C=O) groups is 2. The van der Waals surface area contributed by atoms with Gasteiger partial charge in [0, 0.05) is 0 Å². The minimum Gasteiger partial charge on any atom is -0.481 e. The Labute approximate surface area is 168 Å². The van der Waals surface area contributed by atoms with Gasteiger partial charge in [-0.05, 0) is 85.9 Å². The lowest BCUT2D eigenvalue weighted by Crippen LogP contribution is -2.40. The van der Waals surface area contributed by atoms with Gasteiger partial charge in [0.1, 0.15) is 0 Å². The Morgan fingerprint density at radius 1 is 0.964 bits per heavy atom. The fourth-order valence-corrected chi connectivity index (χ4v) is 7.46. The van der Waals surface area contributed by atoms with Crippen molar-refractivity contribution in [2.24, 2.45) is 59.2 Å². The van der Waals surface area contributed by atoms with Crippen LogP contribution in [0.4, 0.5) is 0 Å². The summed E-state index contributed by atoms with van der Waals surface area (Å²) in [7, 11) is 0. The maximum absolute atomic E-state index is 12.9. The molecule has 4 aliphatic rings. The van der Waals surface area contributed by atoms with Crippen LogP contribution in [0.25, 0.3) is 0 Å². The first-order valence-electron chi connectivity index (χ1n) is 11.4. The molecule has 4 fully saturated rings. The maximum atomic E-state index is 12.9. The van der Waals surface area contributed by atoms with E-state index in [4.69, 9.17) is 9.47 Å². The molecule has 0 heterocycles. The first-order chi connectivity index (χ1) is 13.4. The second-order valence-corrected chi connectivity index (χ2v) is 10.2. The van der Waals surface area contributed by atoms with Gasteiger partial charge in [0.25, 0.3) is 0 Å². The second kappa shape index (κ2) is 7.97. The average Bonchev–Trinajstić information content (AvgIpc) is 3.42. The highest BCUT2D eigenvalue weighted by Crippen LogP contribution is 2.56. The predicted octanol–water partition coefficient (Wildman–Crippen LogP) is 4.21. The van der Waals surface area contributed by atoms with E-state index < -0.39 is 17.8 Å². The Bertz CT molecular complexity index is 600. The van der Waals surface area contributed by atoms with Crippen molar-refractivity contribution in [1.29, 1.82) is 0 Å². The fourth-order valence-electron chi connectivity index (χ4n) is 7.46. The van der Waals surface area contributed by atoms with Gasteiger partial charge in [0.05, 0.1) is 18.4 Å². The first-order valence-corrected chi connectivity index (χ1v) is 11.4. The van der Waals surface area contributed by atoms with E-state index >= 15 is 0 Å². The number of hydrogen-bond donors (Lipinski definition) is 1. The van der Waals surface area contributed by atoms with Crippen LogP contribution < -0.4 is 0 Å². The van der Waals surface area contributed by atoms with Crippen LogP contribution in [0, 0.1) is 59.2 Å². The second-order valence-electron chi connectivity index (χ2n) is 10.2. The largest absolute Gasteiger partial charge is 0.481 e. The molecule has 1 N–H and O–H groups in total. The summed E-state index contributed by atoms with van der Waals surface area (Å²) in [6.07, 6.45) is 7.47. The molecule has 0 aliphatic heterocycles. The number of hydrogen-bond acceptors (Lipinski definition) is 4.